The maximum absolute atomic E-state index is 12.5. The van der Waals surface area contributed by atoms with Gasteiger partial charge >= 0.3 is 0 Å². The van der Waals surface area contributed by atoms with Gasteiger partial charge in [-0.05, 0) is 60.7 Å². The summed E-state index contributed by atoms with van der Waals surface area (Å²) in [7, 11) is -2.17. The third-order valence-electron chi connectivity index (χ3n) is 3.60. The van der Waals surface area contributed by atoms with E-state index in [1.54, 1.807) is 55.6 Å². The van der Waals surface area contributed by atoms with Crippen molar-refractivity contribution < 1.29 is 22.8 Å². The Hall–Kier alpha value is -3.26. The van der Waals surface area contributed by atoms with Crippen LogP contribution in [0.4, 0.5) is 5.69 Å². The second-order valence-electron chi connectivity index (χ2n) is 5.30. The van der Waals surface area contributed by atoms with Crippen LogP contribution >= 0.6 is 0 Å². The Balaban J connectivity index is 1.79. The summed E-state index contributed by atoms with van der Waals surface area (Å²) in [4.78, 5) is 0.126. The van der Waals surface area contributed by atoms with E-state index < -0.39 is 10.0 Å². The molecule has 7 nitrogen and oxygen atoms in total. The predicted octanol–water partition coefficient (Wildman–Crippen LogP) is 3.56. The first kappa shape index (κ1) is 17.6. The van der Waals surface area contributed by atoms with Crippen molar-refractivity contribution in [3.05, 3.63) is 66.4 Å². The number of hydrogen-bond acceptors (Lipinski definition) is 6. The molecule has 0 fully saturated rings. The fourth-order valence-electron chi connectivity index (χ4n) is 2.31. The highest BCUT2D eigenvalue weighted by atomic mass is 32.2. The Morgan fingerprint density at radius 1 is 1.04 bits per heavy atom. The zero-order valence-corrected chi connectivity index (χ0v) is 14.6. The van der Waals surface area contributed by atoms with Gasteiger partial charge in [-0.1, -0.05) is 5.16 Å². The van der Waals surface area contributed by atoms with Gasteiger partial charge in [-0.25, -0.2) is 8.42 Å². The summed E-state index contributed by atoms with van der Waals surface area (Å²) in [6.07, 6.45) is 1.17. The number of nitrogens with zero attached hydrogens (tertiary/aromatic N) is 1. The van der Waals surface area contributed by atoms with E-state index in [1.165, 1.54) is 18.3 Å². The third-order valence-corrected chi connectivity index (χ3v) is 5.00. The zero-order valence-electron chi connectivity index (χ0n) is 13.8. The SMILES string of the molecule is COc1ccc(NS(=O)(=O)c2ccc(-c3ccc(/C=N/O)o3)cc2)cc1. The smallest absolute Gasteiger partial charge is 0.261 e. The van der Waals surface area contributed by atoms with Gasteiger partial charge in [-0.15, -0.1) is 0 Å². The van der Waals surface area contributed by atoms with Crippen molar-refractivity contribution in [1.29, 1.82) is 0 Å². The first-order valence-corrected chi connectivity index (χ1v) is 9.05. The Bertz CT molecular complexity index is 1010. The lowest BCUT2D eigenvalue weighted by Crippen LogP contribution is -2.12. The largest absolute Gasteiger partial charge is 0.497 e. The van der Waals surface area contributed by atoms with Crippen molar-refractivity contribution >= 4 is 21.9 Å². The quantitative estimate of drug-likeness (QED) is 0.391. The van der Waals surface area contributed by atoms with Crippen LogP contribution < -0.4 is 9.46 Å². The van der Waals surface area contributed by atoms with E-state index in [0.717, 1.165) is 0 Å². The maximum Gasteiger partial charge on any atom is 0.261 e. The van der Waals surface area contributed by atoms with Crippen molar-refractivity contribution in [2.45, 2.75) is 4.90 Å². The van der Waals surface area contributed by atoms with Gasteiger partial charge in [0.2, 0.25) is 0 Å². The van der Waals surface area contributed by atoms with Gasteiger partial charge in [-0.2, -0.15) is 0 Å². The molecule has 3 aromatic rings. The molecule has 2 N–H and O–H groups in total. The fourth-order valence-corrected chi connectivity index (χ4v) is 3.36. The van der Waals surface area contributed by atoms with Crippen molar-refractivity contribution in [1.82, 2.24) is 0 Å². The van der Waals surface area contributed by atoms with Crippen LogP contribution in [-0.4, -0.2) is 26.9 Å². The summed E-state index contributed by atoms with van der Waals surface area (Å²) >= 11 is 0. The first-order chi connectivity index (χ1) is 12.5. The molecule has 1 heterocycles. The number of sulfonamides is 1. The molecule has 0 unspecified atom stereocenters. The summed E-state index contributed by atoms with van der Waals surface area (Å²) in [5.41, 5.74) is 1.14. The predicted molar refractivity (Wildman–Crippen MR) is 97.3 cm³/mol. The number of methoxy groups -OCH3 is 1. The Morgan fingerprint density at radius 3 is 2.35 bits per heavy atom. The number of furan rings is 1. The minimum Gasteiger partial charge on any atom is -0.497 e. The fraction of sp³-hybridized carbons (Fsp3) is 0.0556. The first-order valence-electron chi connectivity index (χ1n) is 7.56. The number of oxime groups is 1. The van der Waals surface area contributed by atoms with Crippen molar-refractivity contribution in [2.24, 2.45) is 5.16 Å². The molecule has 0 amide bonds. The van der Waals surface area contributed by atoms with E-state index >= 15 is 0 Å². The van der Waals surface area contributed by atoms with Gasteiger partial charge in [0.25, 0.3) is 10.0 Å². The normalized spacial score (nSPS) is 11.6. The van der Waals surface area contributed by atoms with Crippen LogP contribution in [0.3, 0.4) is 0 Å². The van der Waals surface area contributed by atoms with Gasteiger partial charge < -0.3 is 14.4 Å². The highest BCUT2D eigenvalue weighted by Gasteiger charge is 2.15. The lowest BCUT2D eigenvalue weighted by molar-refractivity contribution is 0.321. The van der Waals surface area contributed by atoms with Crippen molar-refractivity contribution in [2.75, 3.05) is 11.8 Å². The number of nitrogens with one attached hydrogen (secondary N) is 1. The Labute approximate surface area is 150 Å². The van der Waals surface area contributed by atoms with Gasteiger partial charge in [0.15, 0.2) is 0 Å². The standard InChI is InChI=1S/C18H16N2O5S/c1-24-15-6-4-14(5-7-15)20-26(22,23)17-9-2-13(3-10-17)18-11-8-16(25-18)12-19-21/h2-12,20-21H,1H3/b19-12+. The van der Waals surface area contributed by atoms with E-state index in [4.69, 9.17) is 14.4 Å². The number of rotatable bonds is 6. The summed E-state index contributed by atoms with van der Waals surface area (Å²) < 4.78 is 38.0. The molecule has 0 saturated heterocycles. The lowest BCUT2D eigenvalue weighted by Gasteiger charge is -2.09. The maximum atomic E-state index is 12.5. The van der Waals surface area contributed by atoms with Crippen molar-refractivity contribution in [3.63, 3.8) is 0 Å². The van der Waals surface area contributed by atoms with Crippen molar-refractivity contribution in [3.8, 4) is 17.1 Å². The van der Waals surface area contributed by atoms with E-state index in [9.17, 15) is 8.42 Å². The van der Waals surface area contributed by atoms with Gasteiger partial charge in [0, 0.05) is 11.3 Å². The van der Waals surface area contributed by atoms with E-state index in [2.05, 4.69) is 9.88 Å². The third kappa shape index (κ3) is 3.86. The van der Waals surface area contributed by atoms with Crippen LogP contribution in [0.1, 0.15) is 5.76 Å². The van der Waals surface area contributed by atoms with E-state index in [-0.39, 0.29) is 4.90 Å². The summed E-state index contributed by atoms with van der Waals surface area (Å²) in [6, 6.07) is 16.2. The van der Waals surface area contributed by atoms with Crippen LogP contribution in [-0.2, 0) is 10.0 Å². The molecule has 3 rings (SSSR count). The van der Waals surface area contributed by atoms with E-state index in [1.807, 2.05) is 0 Å². The van der Waals surface area contributed by atoms with E-state index in [0.29, 0.717) is 28.5 Å². The van der Waals surface area contributed by atoms with Crippen LogP contribution in [0.15, 0.2) is 75.1 Å². The number of ether oxygens (including phenoxy) is 1. The molecule has 0 bridgehead atoms. The minimum atomic E-state index is -3.71. The molecule has 0 aliphatic heterocycles. The van der Waals surface area contributed by atoms with Crippen LogP contribution in [0.2, 0.25) is 0 Å². The molecule has 0 spiro atoms. The number of benzene rings is 2. The summed E-state index contributed by atoms with van der Waals surface area (Å²) in [5, 5.41) is 11.4. The number of hydrogen-bond donors (Lipinski definition) is 2. The molecule has 8 heteroatoms. The highest BCUT2D eigenvalue weighted by Crippen LogP contribution is 2.24. The topological polar surface area (TPSA) is 101 Å². The van der Waals surface area contributed by atoms with Gasteiger partial charge in [0.05, 0.1) is 12.0 Å². The van der Waals surface area contributed by atoms with Crippen LogP contribution in [0.5, 0.6) is 5.75 Å². The lowest BCUT2D eigenvalue weighted by atomic mass is 10.2. The molecule has 26 heavy (non-hydrogen) atoms. The highest BCUT2D eigenvalue weighted by molar-refractivity contribution is 7.92. The molecule has 0 atom stereocenters. The molecule has 134 valence electrons. The second-order valence-corrected chi connectivity index (χ2v) is 6.99. The zero-order chi connectivity index (χ0) is 18.6. The second kappa shape index (κ2) is 7.32. The van der Waals surface area contributed by atoms with Crippen LogP contribution in [0, 0.1) is 0 Å². The molecule has 0 aliphatic rings. The van der Waals surface area contributed by atoms with Gasteiger partial charge in [-0.3, -0.25) is 4.72 Å². The molecular formula is C18H16N2O5S. The van der Waals surface area contributed by atoms with Crippen LogP contribution in [0.25, 0.3) is 11.3 Å². The molecular weight excluding hydrogens is 356 g/mol. The molecule has 1 aromatic heterocycles. The molecule has 2 aromatic carbocycles. The molecule has 0 aliphatic carbocycles. The number of anilines is 1. The average Bonchev–Trinajstić information content (AvgIpc) is 3.11. The molecule has 0 saturated carbocycles. The summed E-state index contributed by atoms with van der Waals surface area (Å²) in [5.74, 6) is 1.56. The summed E-state index contributed by atoms with van der Waals surface area (Å²) in [6.45, 7) is 0. The Morgan fingerprint density at radius 2 is 1.73 bits per heavy atom. The average molecular weight is 372 g/mol. The monoisotopic (exact) mass is 372 g/mol. The molecule has 0 radical (unpaired) electrons. The van der Waals surface area contributed by atoms with Gasteiger partial charge in [0.1, 0.15) is 23.5 Å². The minimum absolute atomic E-state index is 0.126. The Kier molecular flexibility index (Phi) is 4.94.